The number of benzene rings is 1. The summed E-state index contributed by atoms with van der Waals surface area (Å²) in [7, 11) is 0. The number of rotatable bonds is 3. The van der Waals surface area contributed by atoms with Crippen molar-refractivity contribution >= 4 is 5.69 Å². The fourth-order valence-corrected chi connectivity index (χ4v) is 2.67. The van der Waals surface area contributed by atoms with Gasteiger partial charge in [0.1, 0.15) is 24.4 Å². The Morgan fingerprint density at radius 1 is 1.17 bits per heavy atom. The van der Waals surface area contributed by atoms with Crippen LogP contribution >= 0.6 is 0 Å². The van der Waals surface area contributed by atoms with E-state index < -0.39 is 42.3 Å². The molecule has 128 valence electrons. The minimum atomic E-state index is -1.40. The highest BCUT2D eigenvalue weighted by atomic mass is 16.6. The van der Waals surface area contributed by atoms with Crippen molar-refractivity contribution in [1.29, 1.82) is 0 Å². The van der Waals surface area contributed by atoms with E-state index in [1.54, 1.807) is 24.3 Å². The molecule has 2 heterocycles. The number of H-pyrrole nitrogens is 1. The SMILES string of the molecule is Nc1ccc(-n2cc([C@@H]3O[C@H](CO)[C@@H](O)[C@H]3O)c(=O)[nH]c2=O)cc1. The molecule has 1 aliphatic rings. The third kappa shape index (κ3) is 2.74. The molecule has 1 fully saturated rings. The Hall–Kier alpha value is -2.46. The van der Waals surface area contributed by atoms with Gasteiger partial charge in [0.05, 0.1) is 17.9 Å². The topological polar surface area (TPSA) is 151 Å². The molecule has 1 aromatic carbocycles. The highest BCUT2D eigenvalue weighted by molar-refractivity contribution is 5.45. The van der Waals surface area contributed by atoms with Crippen LogP contribution < -0.4 is 17.0 Å². The second kappa shape index (κ2) is 6.21. The van der Waals surface area contributed by atoms with Crippen molar-refractivity contribution in [3.8, 4) is 5.69 Å². The van der Waals surface area contributed by atoms with E-state index in [9.17, 15) is 19.8 Å². The molecule has 0 spiro atoms. The van der Waals surface area contributed by atoms with Gasteiger partial charge in [-0.1, -0.05) is 0 Å². The number of aromatic amines is 1. The maximum atomic E-state index is 12.1. The number of aliphatic hydroxyl groups excluding tert-OH is 3. The molecule has 0 amide bonds. The van der Waals surface area contributed by atoms with Crippen LogP contribution in [0, 0.1) is 0 Å². The van der Waals surface area contributed by atoms with Gasteiger partial charge >= 0.3 is 5.69 Å². The summed E-state index contributed by atoms with van der Waals surface area (Å²) in [6.45, 7) is -0.510. The van der Waals surface area contributed by atoms with E-state index >= 15 is 0 Å². The van der Waals surface area contributed by atoms with Gasteiger partial charge in [-0.2, -0.15) is 0 Å². The lowest BCUT2D eigenvalue weighted by Gasteiger charge is -2.15. The molecule has 0 unspecified atom stereocenters. The first-order valence-corrected chi connectivity index (χ1v) is 7.26. The number of nitrogens with one attached hydrogen (secondary N) is 1. The van der Waals surface area contributed by atoms with Gasteiger partial charge in [-0.15, -0.1) is 0 Å². The van der Waals surface area contributed by atoms with Gasteiger partial charge in [0.15, 0.2) is 0 Å². The quantitative estimate of drug-likeness (QED) is 0.418. The summed E-state index contributed by atoms with van der Waals surface area (Å²) in [5.74, 6) is 0. The summed E-state index contributed by atoms with van der Waals surface area (Å²) in [6.07, 6.45) is -3.67. The van der Waals surface area contributed by atoms with Crippen molar-refractivity contribution in [2.24, 2.45) is 0 Å². The first kappa shape index (κ1) is 16.4. The zero-order chi connectivity index (χ0) is 17.4. The van der Waals surface area contributed by atoms with Gasteiger partial charge in [0.2, 0.25) is 0 Å². The molecule has 4 atom stereocenters. The maximum Gasteiger partial charge on any atom is 0.332 e. The van der Waals surface area contributed by atoms with Crippen LogP contribution in [0.15, 0.2) is 40.1 Å². The molecular formula is C15H17N3O6. The highest BCUT2D eigenvalue weighted by Gasteiger charge is 2.44. The van der Waals surface area contributed by atoms with Gasteiger partial charge in [0, 0.05) is 11.9 Å². The number of nitrogen functional groups attached to an aromatic ring is 1. The molecule has 3 rings (SSSR count). The fraction of sp³-hybridized carbons (Fsp3) is 0.333. The Labute approximate surface area is 135 Å². The summed E-state index contributed by atoms with van der Waals surface area (Å²) >= 11 is 0. The van der Waals surface area contributed by atoms with Crippen molar-refractivity contribution in [1.82, 2.24) is 9.55 Å². The molecule has 9 heteroatoms. The molecule has 1 aliphatic heterocycles. The van der Waals surface area contributed by atoms with Crippen LogP contribution in [0.3, 0.4) is 0 Å². The summed E-state index contributed by atoms with van der Waals surface area (Å²) in [4.78, 5) is 26.3. The van der Waals surface area contributed by atoms with E-state index in [0.29, 0.717) is 11.4 Å². The van der Waals surface area contributed by atoms with Crippen LogP contribution in [0.5, 0.6) is 0 Å². The molecule has 9 nitrogen and oxygen atoms in total. The minimum Gasteiger partial charge on any atom is -0.399 e. The van der Waals surface area contributed by atoms with E-state index in [1.165, 1.54) is 10.8 Å². The predicted molar refractivity (Wildman–Crippen MR) is 83.8 cm³/mol. The zero-order valence-corrected chi connectivity index (χ0v) is 12.5. The van der Waals surface area contributed by atoms with Crippen molar-refractivity contribution in [2.45, 2.75) is 24.4 Å². The van der Waals surface area contributed by atoms with Crippen LogP contribution in [-0.2, 0) is 4.74 Å². The fourth-order valence-electron chi connectivity index (χ4n) is 2.67. The zero-order valence-electron chi connectivity index (χ0n) is 12.5. The molecule has 0 radical (unpaired) electrons. The Morgan fingerprint density at radius 2 is 1.83 bits per heavy atom. The lowest BCUT2D eigenvalue weighted by atomic mass is 10.0. The lowest BCUT2D eigenvalue weighted by Crippen LogP contribution is -2.35. The van der Waals surface area contributed by atoms with Gasteiger partial charge in [-0.25, -0.2) is 4.79 Å². The third-order valence-corrected chi connectivity index (χ3v) is 3.99. The molecule has 0 bridgehead atoms. The highest BCUT2D eigenvalue weighted by Crippen LogP contribution is 2.31. The molecule has 0 aliphatic carbocycles. The van der Waals surface area contributed by atoms with Crippen molar-refractivity contribution in [2.75, 3.05) is 12.3 Å². The normalized spacial score (nSPS) is 26.6. The first-order valence-electron chi connectivity index (χ1n) is 7.26. The summed E-state index contributed by atoms with van der Waals surface area (Å²) in [5, 5.41) is 29.0. The number of aliphatic hydroxyl groups is 3. The number of nitrogens with zero attached hydrogens (tertiary/aromatic N) is 1. The number of anilines is 1. The predicted octanol–water partition coefficient (Wildman–Crippen LogP) is -1.74. The van der Waals surface area contributed by atoms with E-state index in [2.05, 4.69) is 4.98 Å². The van der Waals surface area contributed by atoms with Crippen molar-refractivity contribution in [3.63, 3.8) is 0 Å². The van der Waals surface area contributed by atoms with E-state index in [0.717, 1.165) is 0 Å². The first-order chi connectivity index (χ1) is 11.4. The van der Waals surface area contributed by atoms with E-state index in [4.69, 9.17) is 15.6 Å². The summed E-state index contributed by atoms with van der Waals surface area (Å²) < 4.78 is 6.52. The monoisotopic (exact) mass is 335 g/mol. The number of aromatic nitrogens is 2. The smallest absolute Gasteiger partial charge is 0.332 e. The lowest BCUT2D eigenvalue weighted by molar-refractivity contribution is -0.0233. The van der Waals surface area contributed by atoms with Gasteiger partial charge in [-0.3, -0.25) is 14.3 Å². The number of ether oxygens (including phenoxy) is 1. The molecule has 24 heavy (non-hydrogen) atoms. The average Bonchev–Trinajstić information content (AvgIpc) is 2.84. The van der Waals surface area contributed by atoms with Crippen LogP contribution in [-0.4, -0.2) is 49.8 Å². The van der Waals surface area contributed by atoms with E-state index in [1.807, 2.05) is 0 Å². The minimum absolute atomic E-state index is 0.0334. The average molecular weight is 335 g/mol. The third-order valence-electron chi connectivity index (χ3n) is 3.99. The maximum absolute atomic E-state index is 12.1. The van der Waals surface area contributed by atoms with E-state index in [-0.39, 0.29) is 5.56 Å². The Kier molecular flexibility index (Phi) is 4.24. The van der Waals surface area contributed by atoms with Gasteiger partial charge in [-0.05, 0) is 24.3 Å². The molecule has 0 saturated carbocycles. The molecular weight excluding hydrogens is 318 g/mol. The number of hydrogen-bond acceptors (Lipinski definition) is 7. The second-order valence-corrected chi connectivity index (χ2v) is 5.56. The molecule has 6 N–H and O–H groups in total. The van der Waals surface area contributed by atoms with Crippen molar-refractivity contribution in [3.05, 3.63) is 56.9 Å². The standard InChI is InChI=1S/C15H17N3O6/c16-7-1-3-8(4-2-7)18-5-9(14(22)17-15(18)23)13-12(21)11(20)10(6-19)24-13/h1-5,10-13,19-21H,6,16H2,(H,17,22,23)/t10-,11-,12-,13+/m1/s1. The Bertz CT molecular complexity index is 844. The van der Waals surface area contributed by atoms with Crippen LogP contribution in [0.25, 0.3) is 5.69 Å². The van der Waals surface area contributed by atoms with Gasteiger partial charge in [0.25, 0.3) is 5.56 Å². The number of hydrogen-bond donors (Lipinski definition) is 5. The van der Waals surface area contributed by atoms with Crippen LogP contribution in [0.1, 0.15) is 11.7 Å². The number of nitrogens with two attached hydrogens (primary N) is 1. The molecule has 1 saturated heterocycles. The van der Waals surface area contributed by atoms with Crippen molar-refractivity contribution < 1.29 is 20.1 Å². The molecule has 1 aromatic heterocycles. The largest absolute Gasteiger partial charge is 0.399 e. The van der Waals surface area contributed by atoms with Crippen LogP contribution in [0.4, 0.5) is 5.69 Å². The van der Waals surface area contributed by atoms with Gasteiger partial charge < -0.3 is 25.8 Å². The summed E-state index contributed by atoms with van der Waals surface area (Å²) in [5.41, 5.74) is 5.15. The molecule has 2 aromatic rings. The second-order valence-electron chi connectivity index (χ2n) is 5.56. The van der Waals surface area contributed by atoms with Crippen LogP contribution in [0.2, 0.25) is 0 Å². The Balaban J connectivity index is 2.07. The Morgan fingerprint density at radius 3 is 2.42 bits per heavy atom. The summed E-state index contributed by atoms with van der Waals surface area (Å²) in [6, 6.07) is 6.38.